The van der Waals surface area contributed by atoms with Gasteiger partial charge >= 0.3 is 6.09 Å². The molecule has 1 aliphatic heterocycles. The van der Waals surface area contributed by atoms with Gasteiger partial charge in [-0.2, -0.15) is 0 Å². The number of alkyl halides is 1. The SMILES string of the molecule is Cc1ccc(S(=O)(=O)NNCc2ccccc2C2CNC(Cl)CN2C(=O)OC(C)(C)C)cc1. The number of nitrogens with one attached hydrogen (secondary N) is 3. The van der Waals surface area contributed by atoms with E-state index in [1.54, 1.807) is 29.2 Å². The number of amides is 1. The molecule has 0 bridgehead atoms. The predicted molar refractivity (Wildman–Crippen MR) is 128 cm³/mol. The molecule has 0 radical (unpaired) electrons. The van der Waals surface area contributed by atoms with Gasteiger partial charge in [0.15, 0.2) is 0 Å². The predicted octanol–water partition coefficient (Wildman–Crippen LogP) is 3.42. The van der Waals surface area contributed by atoms with Crippen molar-refractivity contribution in [2.24, 2.45) is 0 Å². The Morgan fingerprint density at radius 3 is 2.52 bits per heavy atom. The second-order valence-electron chi connectivity index (χ2n) is 9.00. The largest absolute Gasteiger partial charge is 0.444 e. The summed E-state index contributed by atoms with van der Waals surface area (Å²) in [7, 11) is -3.71. The van der Waals surface area contributed by atoms with E-state index in [-0.39, 0.29) is 29.5 Å². The lowest BCUT2D eigenvalue weighted by Crippen LogP contribution is -2.53. The van der Waals surface area contributed by atoms with Crippen molar-refractivity contribution in [2.45, 2.75) is 56.3 Å². The van der Waals surface area contributed by atoms with Gasteiger partial charge < -0.3 is 4.74 Å². The van der Waals surface area contributed by atoms with Crippen molar-refractivity contribution >= 4 is 27.7 Å². The topological polar surface area (TPSA) is 99.8 Å². The normalized spacial score (nSPS) is 19.4. The fourth-order valence-electron chi connectivity index (χ4n) is 3.54. The molecule has 3 rings (SSSR count). The zero-order valence-electron chi connectivity index (χ0n) is 19.3. The molecule has 2 aromatic rings. The average Bonchev–Trinajstić information content (AvgIpc) is 2.73. The molecule has 33 heavy (non-hydrogen) atoms. The van der Waals surface area contributed by atoms with E-state index < -0.39 is 21.7 Å². The van der Waals surface area contributed by atoms with Crippen LogP contribution in [-0.2, 0) is 21.3 Å². The number of carbonyl (C=O) groups is 1. The van der Waals surface area contributed by atoms with Crippen LogP contribution in [-0.4, -0.2) is 43.6 Å². The molecule has 1 amide bonds. The number of aryl methyl sites for hydroxylation is 1. The zero-order valence-corrected chi connectivity index (χ0v) is 20.8. The summed E-state index contributed by atoms with van der Waals surface area (Å²) in [5.41, 5.74) is 4.48. The number of piperazine rings is 1. The van der Waals surface area contributed by atoms with Gasteiger partial charge in [0.2, 0.25) is 0 Å². The second kappa shape index (κ2) is 10.4. The molecule has 180 valence electrons. The molecule has 1 fully saturated rings. The van der Waals surface area contributed by atoms with Crippen LogP contribution in [0.3, 0.4) is 0 Å². The van der Waals surface area contributed by atoms with E-state index in [0.29, 0.717) is 6.54 Å². The maximum Gasteiger partial charge on any atom is 0.410 e. The summed E-state index contributed by atoms with van der Waals surface area (Å²) in [6, 6.07) is 13.9. The van der Waals surface area contributed by atoms with Crippen molar-refractivity contribution in [1.82, 2.24) is 20.5 Å². The van der Waals surface area contributed by atoms with Crippen molar-refractivity contribution in [3.8, 4) is 0 Å². The number of hydrogen-bond donors (Lipinski definition) is 3. The van der Waals surface area contributed by atoms with Gasteiger partial charge in [-0.15, -0.1) is 16.4 Å². The van der Waals surface area contributed by atoms with Crippen LogP contribution in [0.2, 0.25) is 0 Å². The summed E-state index contributed by atoms with van der Waals surface area (Å²) in [6.45, 7) is 8.30. The molecule has 10 heteroatoms. The summed E-state index contributed by atoms with van der Waals surface area (Å²) < 4.78 is 30.7. The molecule has 2 atom stereocenters. The van der Waals surface area contributed by atoms with Gasteiger partial charge in [-0.25, -0.2) is 18.6 Å². The number of hydrogen-bond acceptors (Lipinski definition) is 6. The molecular formula is C23H31ClN4O4S. The van der Waals surface area contributed by atoms with E-state index in [1.165, 1.54) is 0 Å². The first-order valence-corrected chi connectivity index (χ1v) is 12.6. The molecular weight excluding hydrogens is 464 g/mol. The fraction of sp³-hybridized carbons (Fsp3) is 0.435. The van der Waals surface area contributed by atoms with Gasteiger partial charge in [-0.05, 0) is 51.0 Å². The highest BCUT2D eigenvalue weighted by molar-refractivity contribution is 7.89. The number of ether oxygens (including phenoxy) is 1. The molecule has 0 aliphatic carbocycles. The summed E-state index contributed by atoms with van der Waals surface area (Å²) in [5, 5.41) is 3.20. The van der Waals surface area contributed by atoms with Crippen LogP contribution in [0, 0.1) is 6.92 Å². The Morgan fingerprint density at radius 2 is 1.85 bits per heavy atom. The minimum atomic E-state index is -3.71. The fourth-order valence-corrected chi connectivity index (χ4v) is 4.65. The molecule has 0 saturated carbocycles. The van der Waals surface area contributed by atoms with Crippen LogP contribution in [0.5, 0.6) is 0 Å². The van der Waals surface area contributed by atoms with E-state index in [2.05, 4.69) is 15.6 Å². The van der Waals surface area contributed by atoms with E-state index in [4.69, 9.17) is 16.3 Å². The number of rotatable bonds is 6. The van der Waals surface area contributed by atoms with Crippen LogP contribution in [0.1, 0.15) is 43.5 Å². The molecule has 1 saturated heterocycles. The molecule has 2 aromatic carbocycles. The molecule has 1 aliphatic rings. The number of nitrogens with zero attached hydrogens (tertiary/aromatic N) is 1. The monoisotopic (exact) mass is 494 g/mol. The Morgan fingerprint density at radius 1 is 1.18 bits per heavy atom. The van der Waals surface area contributed by atoms with Gasteiger partial charge in [-0.3, -0.25) is 10.2 Å². The Bertz CT molecular complexity index is 1070. The minimum Gasteiger partial charge on any atom is -0.444 e. The summed E-state index contributed by atoms with van der Waals surface area (Å²) >= 11 is 6.27. The first-order valence-electron chi connectivity index (χ1n) is 10.7. The third-order valence-electron chi connectivity index (χ3n) is 5.12. The number of hydrazine groups is 1. The minimum absolute atomic E-state index is 0.176. The highest BCUT2D eigenvalue weighted by Gasteiger charge is 2.35. The summed E-state index contributed by atoms with van der Waals surface area (Å²) in [5.74, 6) is 0. The second-order valence-corrected chi connectivity index (χ2v) is 11.2. The summed E-state index contributed by atoms with van der Waals surface area (Å²) in [6.07, 6.45) is -0.442. The number of halogens is 1. The quantitative estimate of drug-likeness (QED) is 0.323. The van der Waals surface area contributed by atoms with E-state index in [0.717, 1.165) is 16.7 Å². The Balaban J connectivity index is 1.75. The van der Waals surface area contributed by atoms with Gasteiger partial charge in [-0.1, -0.05) is 42.0 Å². The van der Waals surface area contributed by atoms with Crippen molar-refractivity contribution in [2.75, 3.05) is 13.1 Å². The molecule has 0 spiro atoms. The Hall–Kier alpha value is -2.17. The number of benzene rings is 2. The van der Waals surface area contributed by atoms with Crippen LogP contribution in [0.25, 0.3) is 0 Å². The standard InChI is InChI=1S/C23H31ClN4O4S/c1-16-9-11-18(12-10-16)33(30,31)27-26-13-17-7-5-6-8-19(17)20-14-25-21(24)15-28(20)22(29)32-23(2,3)4/h5-12,20-21,25-27H,13-15H2,1-4H3. The highest BCUT2D eigenvalue weighted by atomic mass is 35.5. The lowest BCUT2D eigenvalue weighted by Gasteiger charge is -2.40. The molecule has 3 N–H and O–H groups in total. The number of sulfonamides is 1. The number of carbonyl (C=O) groups excluding carboxylic acids is 1. The lowest BCUT2D eigenvalue weighted by molar-refractivity contribution is 0.0102. The van der Waals surface area contributed by atoms with Crippen LogP contribution in [0.15, 0.2) is 53.4 Å². The molecule has 2 unspecified atom stereocenters. The van der Waals surface area contributed by atoms with Crippen molar-refractivity contribution in [3.63, 3.8) is 0 Å². The highest BCUT2D eigenvalue weighted by Crippen LogP contribution is 2.29. The van der Waals surface area contributed by atoms with E-state index in [1.807, 2.05) is 52.0 Å². The van der Waals surface area contributed by atoms with E-state index in [9.17, 15) is 13.2 Å². The first-order chi connectivity index (χ1) is 15.5. The van der Waals surface area contributed by atoms with E-state index >= 15 is 0 Å². The third kappa shape index (κ3) is 6.91. The maximum absolute atomic E-state index is 12.9. The van der Waals surface area contributed by atoms with Crippen LogP contribution >= 0.6 is 11.6 Å². The maximum atomic E-state index is 12.9. The average molecular weight is 495 g/mol. The smallest absolute Gasteiger partial charge is 0.410 e. The van der Waals surface area contributed by atoms with Gasteiger partial charge in [0.05, 0.1) is 17.5 Å². The van der Waals surface area contributed by atoms with Crippen molar-refractivity contribution in [3.05, 3.63) is 65.2 Å². The lowest BCUT2D eigenvalue weighted by atomic mass is 9.97. The Kier molecular flexibility index (Phi) is 8.02. The zero-order chi connectivity index (χ0) is 24.2. The molecule has 8 nitrogen and oxygen atoms in total. The third-order valence-corrected chi connectivity index (χ3v) is 6.72. The van der Waals surface area contributed by atoms with Crippen LogP contribution < -0.4 is 15.6 Å². The van der Waals surface area contributed by atoms with Crippen LogP contribution in [0.4, 0.5) is 4.79 Å². The van der Waals surface area contributed by atoms with Crippen molar-refractivity contribution in [1.29, 1.82) is 0 Å². The first kappa shape index (κ1) is 25.5. The van der Waals surface area contributed by atoms with Gasteiger partial charge in [0, 0.05) is 13.1 Å². The summed E-state index contributed by atoms with van der Waals surface area (Å²) in [4.78, 5) is 17.1. The Labute approximate surface area is 200 Å². The van der Waals surface area contributed by atoms with Crippen molar-refractivity contribution < 1.29 is 17.9 Å². The van der Waals surface area contributed by atoms with Gasteiger partial charge in [0.1, 0.15) is 11.1 Å². The molecule has 0 aromatic heterocycles. The molecule has 1 heterocycles. The van der Waals surface area contributed by atoms with Gasteiger partial charge in [0.25, 0.3) is 10.0 Å².